The predicted octanol–water partition coefficient (Wildman–Crippen LogP) is 2.89. The van der Waals surface area contributed by atoms with E-state index in [1.165, 1.54) is 11.1 Å². The van der Waals surface area contributed by atoms with Crippen molar-refractivity contribution >= 4 is 0 Å². The molecule has 0 spiro atoms. The molecule has 0 amide bonds. The van der Waals surface area contributed by atoms with Crippen LogP contribution in [0.4, 0.5) is 0 Å². The number of fused-ring (bicyclic) bond motifs is 4. The molecule has 1 aromatic rings. The molecule has 0 bridgehead atoms. The van der Waals surface area contributed by atoms with Gasteiger partial charge in [0.15, 0.2) is 0 Å². The number of aromatic hydroxyl groups is 1. The fourth-order valence-electron chi connectivity index (χ4n) is 5.21. The van der Waals surface area contributed by atoms with Crippen molar-refractivity contribution in [2.24, 2.45) is 11.3 Å². The minimum atomic E-state index is -0.480. The Balaban J connectivity index is 1.88. The van der Waals surface area contributed by atoms with Gasteiger partial charge in [-0.05, 0) is 54.0 Å². The summed E-state index contributed by atoms with van der Waals surface area (Å²) in [5, 5.41) is 31.1. The van der Waals surface area contributed by atoms with Crippen LogP contribution in [0.1, 0.15) is 50.2 Å². The van der Waals surface area contributed by atoms with Crippen LogP contribution in [0.2, 0.25) is 0 Å². The fraction of sp³-hybridized carbons (Fsp3) is 0.579. The minimum absolute atomic E-state index is 0.166. The van der Waals surface area contributed by atoms with Crippen LogP contribution in [0.5, 0.6) is 5.75 Å². The minimum Gasteiger partial charge on any atom is -0.508 e. The zero-order chi connectivity index (χ0) is 15.6. The second-order valence-corrected chi connectivity index (χ2v) is 7.67. The van der Waals surface area contributed by atoms with Crippen LogP contribution in [0.3, 0.4) is 0 Å². The number of aliphatic hydroxyl groups excluding tert-OH is 2. The Kier molecular flexibility index (Phi) is 2.98. The van der Waals surface area contributed by atoms with Gasteiger partial charge in [-0.25, -0.2) is 0 Å². The first-order valence-electron chi connectivity index (χ1n) is 8.33. The van der Waals surface area contributed by atoms with Crippen LogP contribution in [0.25, 0.3) is 0 Å². The summed E-state index contributed by atoms with van der Waals surface area (Å²) in [6.45, 7) is 4.27. The Hall–Kier alpha value is -1.32. The van der Waals surface area contributed by atoms with E-state index in [-0.39, 0.29) is 29.1 Å². The lowest BCUT2D eigenvalue weighted by atomic mass is 9.62. The lowest BCUT2D eigenvalue weighted by Gasteiger charge is -2.44. The fourth-order valence-corrected chi connectivity index (χ4v) is 5.21. The lowest BCUT2D eigenvalue weighted by Crippen LogP contribution is -2.38. The molecule has 1 saturated carbocycles. The Labute approximate surface area is 131 Å². The van der Waals surface area contributed by atoms with E-state index < -0.39 is 6.10 Å². The molecule has 22 heavy (non-hydrogen) atoms. The van der Waals surface area contributed by atoms with Crippen molar-refractivity contribution in [2.75, 3.05) is 0 Å². The highest BCUT2D eigenvalue weighted by Gasteiger charge is 2.52. The molecular weight excluding hydrogens is 276 g/mol. The summed E-state index contributed by atoms with van der Waals surface area (Å²) in [6.07, 6.45) is 2.62. The van der Waals surface area contributed by atoms with Crippen LogP contribution in [-0.4, -0.2) is 27.5 Å². The third kappa shape index (κ3) is 1.76. The zero-order valence-corrected chi connectivity index (χ0v) is 13.2. The van der Waals surface area contributed by atoms with Crippen molar-refractivity contribution in [1.29, 1.82) is 0 Å². The van der Waals surface area contributed by atoms with E-state index in [1.54, 1.807) is 12.1 Å². The van der Waals surface area contributed by atoms with Crippen molar-refractivity contribution in [1.82, 2.24) is 0 Å². The average Bonchev–Trinajstić information content (AvgIpc) is 2.70. The molecule has 3 aliphatic carbocycles. The number of rotatable bonds is 0. The molecule has 0 heterocycles. The molecule has 3 aliphatic rings. The maximum atomic E-state index is 10.8. The SMILES string of the molecule is C[C@@H]1CC2=C3C(CC[C@]2(C)[C@H]1O)c1ccc(O)cc1C[C@@H]3O. The predicted molar refractivity (Wildman–Crippen MR) is 84.7 cm³/mol. The maximum Gasteiger partial charge on any atom is 0.115 e. The van der Waals surface area contributed by atoms with Gasteiger partial charge >= 0.3 is 0 Å². The second-order valence-electron chi connectivity index (χ2n) is 7.67. The molecular formula is C19H24O3. The average molecular weight is 300 g/mol. The smallest absolute Gasteiger partial charge is 0.115 e. The first kappa shape index (κ1) is 14.3. The third-order valence-corrected chi connectivity index (χ3v) is 6.36. The number of hydrogen-bond acceptors (Lipinski definition) is 3. The van der Waals surface area contributed by atoms with Gasteiger partial charge in [-0.3, -0.25) is 0 Å². The van der Waals surface area contributed by atoms with Crippen LogP contribution in [0.15, 0.2) is 29.3 Å². The molecule has 5 atom stereocenters. The van der Waals surface area contributed by atoms with Gasteiger partial charge in [-0.1, -0.05) is 25.5 Å². The van der Waals surface area contributed by atoms with E-state index in [2.05, 4.69) is 13.8 Å². The van der Waals surface area contributed by atoms with Gasteiger partial charge in [-0.15, -0.1) is 0 Å². The summed E-state index contributed by atoms with van der Waals surface area (Å²) in [6, 6.07) is 5.55. The summed E-state index contributed by atoms with van der Waals surface area (Å²) < 4.78 is 0. The number of aliphatic hydroxyl groups is 2. The van der Waals surface area contributed by atoms with E-state index in [4.69, 9.17) is 0 Å². The molecule has 118 valence electrons. The van der Waals surface area contributed by atoms with Gasteiger partial charge in [0.1, 0.15) is 5.75 Å². The van der Waals surface area contributed by atoms with Crippen molar-refractivity contribution < 1.29 is 15.3 Å². The van der Waals surface area contributed by atoms with E-state index in [0.29, 0.717) is 6.42 Å². The first-order chi connectivity index (χ1) is 10.4. The number of phenolic OH excluding ortho intramolecular Hbond substituents is 1. The summed E-state index contributed by atoms with van der Waals surface area (Å²) >= 11 is 0. The van der Waals surface area contributed by atoms with Crippen LogP contribution >= 0.6 is 0 Å². The van der Waals surface area contributed by atoms with Gasteiger partial charge in [0, 0.05) is 17.8 Å². The van der Waals surface area contributed by atoms with E-state index in [1.807, 2.05) is 6.07 Å². The normalized spacial score (nSPS) is 40.2. The monoisotopic (exact) mass is 300 g/mol. The molecule has 3 nitrogen and oxygen atoms in total. The van der Waals surface area contributed by atoms with E-state index in [9.17, 15) is 15.3 Å². The van der Waals surface area contributed by atoms with Gasteiger partial charge in [0.05, 0.1) is 12.2 Å². The summed E-state index contributed by atoms with van der Waals surface area (Å²) in [5.74, 6) is 0.784. The van der Waals surface area contributed by atoms with E-state index >= 15 is 0 Å². The van der Waals surface area contributed by atoms with Crippen LogP contribution in [0, 0.1) is 11.3 Å². The molecule has 1 unspecified atom stereocenters. The molecule has 1 fully saturated rings. The number of benzene rings is 1. The van der Waals surface area contributed by atoms with Gasteiger partial charge in [0.2, 0.25) is 0 Å². The molecule has 0 aromatic heterocycles. The maximum absolute atomic E-state index is 10.8. The van der Waals surface area contributed by atoms with Crippen molar-refractivity contribution in [3.63, 3.8) is 0 Å². The first-order valence-corrected chi connectivity index (χ1v) is 8.33. The summed E-state index contributed by atoms with van der Waals surface area (Å²) in [4.78, 5) is 0. The standard InChI is InChI=1S/C19H24O3/c1-10-7-15-17-14(5-6-19(15,2)18(10)22)13-4-3-12(20)8-11(13)9-16(17)21/h3-4,8,10,14,16,18,20-22H,5-7,9H2,1-2H3/t10-,14?,16+,18+,19+/m1/s1. The van der Waals surface area contributed by atoms with Crippen molar-refractivity contribution in [3.05, 3.63) is 40.5 Å². The lowest BCUT2D eigenvalue weighted by molar-refractivity contribution is 0.0399. The summed E-state index contributed by atoms with van der Waals surface area (Å²) in [5.41, 5.74) is 4.62. The Morgan fingerprint density at radius 1 is 1.18 bits per heavy atom. The molecule has 0 radical (unpaired) electrons. The highest BCUT2D eigenvalue weighted by atomic mass is 16.3. The van der Waals surface area contributed by atoms with Crippen LogP contribution in [-0.2, 0) is 6.42 Å². The molecule has 0 aliphatic heterocycles. The van der Waals surface area contributed by atoms with Gasteiger partial charge in [-0.2, -0.15) is 0 Å². The molecule has 1 aromatic carbocycles. The Morgan fingerprint density at radius 2 is 1.95 bits per heavy atom. The second kappa shape index (κ2) is 4.59. The van der Waals surface area contributed by atoms with Crippen molar-refractivity contribution in [2.45, 2.75) is 57.7 Å². The molecule has 0 saturated heterocycles. The number of phenols is 1. The van der Waals surface area contributed by atoms with Crippen molar-refractivity contribution in [3.8, 4) is 5.75 Å². The van der Waals surface area contributed by atoms with Crippen LogP contribution < -0.4 is 0 Å². The number of hydrogen-bond donors (Lipinski definition) is 3. The third-order valence-electron chi connectivity index (χ3n) is 6.36. The Bertz CT molecular complexity index is 663. The highest BCUT2D eigenvalue weighted by molar-refractivity contribution is 5.50. The molecule has 3 heteroatoms. The summed E-state index contributed by atoms with van der Waals surface area (Å²) in [7, 11) is 0. The van der Waals surface area contributed by atoms with E-state index in [0.717, 1.165) is 30.4 Å². The molecule has 3 N–H and O–H groups in total. The van der Waals surface area contributed by atoms with Gasteiger partial charge in [0.25, 0.3) is 0 Å². The topological polar surface area (TPSA) is 60.7 Å². The quantitative estimate of drug-likeness (QED) is 0.646. The highest BCUT2D eigenvalue weighted by Crippen LogP contribution is 2.58. The molecule has 4 rings (SSSR count). The zero-order valence-electron chi connectivity index (χ0n) is 13.2. The Morgan fingerprint density at radius 3 is 2.73 bits per heavy atom. The largest absolute Gasteiger partial charge is 0.508 e. The van der Waals surface area contributed by atoms with Gasteiger partial charge < -0.3 is 15.3 Å².